The maximum atomic E-state index is 12.8. The molecule has 8 heteroatoms. The van der Waals surface area contributed by atoms with Crippen LogP contribution in [0.15, 0.2) is 47.4 Å². The second kappa shape index (κ2) is 7.42. The molecule has 1 aliphatic rings. The second-order valence-electron chi connectivity index (χ2n) is 6.01. The molecule has 2 N–H and O–H groups in total. The molecule has 1 aliphatic heterocycles. The summed E-state index contributed by atoms with van der Waals surface area (Å²) in [6.45, 7) is 0. The Morgan fingerprint density at radius 2 is 1.85 bits per heavy atom. The third kappa shape index (κ3) is 3.81. The molecule has 27 heavy (non-hydrogen) atoms. The number of phenols is 1. The summed E-state index contributed by atoms with van der Waals surface area (Å²) < 4.78 is 0.318. The molecule has 0 atom stereocenters. The number of nitrogens with zero attached hydrogens (tertiary/aromatic N) is 2. The Balaban J connectivity index is 1.89. The van der Waals surface area contributed by atoms with Crippen LogP contribution in [0, 0.1) is 0 Å². The molecule has 2 aromatic carbocycles. The third-order valence-electron chi connectivity index (χ3n) is 3.97. The Morgan fingerprint density at radius 1 is 1.19 bits per heavy atom. The van der Waals surface area contributed by atoms with Gasteiger partial charge in [-0.15, -0.1) is 0 Å². The Kier molecular flexibility index (Phi) is 5.20. The molecule has 1 fully saturated rings. The summed E-state index contributed by atoms with van der Waals surface area (Å²) in [5.74, 6) is -1.98. The first-order valence-corrected chi connectivity index (χ1v) is 9.12. The van der Waals surface area contributed by atoms with Crippen LogP contribution in [-0.2, 0) is 4.79 Å². The first kappa shape index (κ1) is 18.9. The van der Waals surface area contributed by atoms with Gasteiger partial charge in [0, 0.05) is 25.8 Å². The number of aromatic carboxylic acids is 1. The quantitative estimate of drug-likeness (QED) is 0.600. The van der Waals surface area contributed by atoms with Crippen molar-refractivity contribution in [1.29, 1.82) is 0 Å². The van der Waals surface area contributed by atoms with Gasteiger partial charge in [0.1, 0.15) is 11.3 Å². The summed E-state index contributed by atoms with van der Waals surface area (Å²) >= 11 is 6.46. The molecule has 2 aromatic rings. The maximum Gasteiger partial charge on any atom is 0.339 e. The lowest BCUT2D eigenvalue weighted by Crippen LogP contribution is -2.27. The highest BCUT2D eigenvalue weighted by atomic mass is 32.2. The van der Waals surface area contributed by atoms with Gasteiger partial charge in [0.2, 0.25) is 0 Å². The predicted molar refractivity (Wildman–Crippen MR) is 111 cm³/mol. The highest BCUT2D eigenvalue weighted by Gasteiger charge is 2.33. The van der Waals surface area contributed by atoms with E-state index in [1.165, 1.54) is 23.1 Å². The van der Waals surface area contributed by atoms with Crippen molar-refractivity contribution in [2.24, 2.45) is 0 Å². The van der Waals surface area contributed by atoms with Crippen LogP contribution in [0.25, 0.3) is 6.08 Å². The van der Waals surface area contributed by atoms with Gasteiger partial charge in [-0.2, -0.15) is 0 Å². The molecule has 0 aliphatic carbocycles. The van der Waals surface area contributed by atoms with E-state index >= 15 is 0 Å². The van der Waals surface area contributed by atoms with Crippen molar-refractivity contribution in [2.75, 3.05) is 23.9 Å². The Morgan fingerprint density at radius 3 is 2.41 bits per heavy atom. The van der Waals surface area contributed by atoms with E-state index in [1.807, 2.05) is 43.3 Å². The van der Waals surface area contributed by atoms with Crippen molar-refractivity contribution in [3.05, 3.63) is 58.5 Å². The smallest absolute Gasteiger partial charge is 0.339 e. The molecule has 0 aromatic heterocycles. The molecule has 0 radical (unpaired) electrons. The molecule has 3 rings (SSSR count). The van der Waals surface area contributed by atoms with Gasteiger partial charge >= 0.3 is 5.97 Å². The van der Waals surface area contributed by atoms with Crippen molar-refractivity contribution in [2.45, 2.75) is 0 Å². The number of thiocarbonyl (C=S) groups is 1. The number of hydrogen-bond acceptors (Lipinski definition) is 6. The Bertz CT molecular complexity index is 968. The van der Waals surface area contributed by atoms with Crippen LogP contribution >= 0.6 is 24.0 Å². The van der Waals surface area contributed by atoms with E-state index in [2.05, 4.69) is 0 Å². The zero-order valence-corrected chi connectivity index (χ0v) is 16.2. The molecule has 138 valence electrons. The van der Waals surface area contributed by atoms with Gasteiger partial charge in [-0.25, -0.2) is 4.79 Å². The highest BCUT2D eigenvalue weighted by Crippen LogP contribution is 2.37. The van der Waals surface area contributed by atoms with Gasteiger partial charge in [-0.05, 0) is 35.9 Å². The van der Waals surface area contributed by atoms with Crippen molar-refractivity contribution in [1.82, 2.24) is 0 Å². The standard InChI is InChI=1S/C19H16N2O4S2/c1-20(2)12-5-3-11(4-6-12)9-16-17(23)21(19(26)27-16)13-7-8-14(18(24)25)15(22)10-13/h3-10,22H,1-2H3,(H,24,25)/b16-9-. The fourth-order valence-electron chi connectivity index (χ4n) is 2.55. The number of carbonyl (C=O) groups is 2. The summed E-state index contributed by atoms with van der Waals surface area (Å²) in [5.41, 5.74) is 2.01. The molecular weight excluding hydrogens is 384 g/mol. The minimum atomic E-state index is -1.24. The van der Waals surface area contributed by atoms with Crippen LogP contribution in [0.2, 0.25) is 0 Å². The Labute approximate surface area is 165 Å². The third-order valence-corrected chi connectivity index (χ3v) is 5.27. The number of carboxylic acids is 1. The molecule has 0 unspecified atom stereocenters. The monoisotopic (exact) mass is 400 g/mol. The fourth-order valence-corrected chi connectivity index (χ4v) is 3.85. The summed E-state index contributed by atoms with van der Waals surface area (Å²) in [5, 5.41) is 18.9. The zero-order valence-electron chi connectivity index (χ0n) is 14.5. The second-order valence-corrected chi connectivity index (χ2v) is 7.69. The lowest BCUT2D eigenvalue weighted by atomic mass is 10.1. The average Bonchev–Trinajstić information content (AvgIpc) is 2.88. The first-order valence-electron chi connectivity index (χ1n) is 7.89. The van der Waals surface area contributed by atoms with Gasteiger partial charge in [0.25, 0.3) is 5.91 Å². The van der Waals surface area contributed by atoms with Crippen LogP contribution < -0.4 is 9.80 Å². The first-order chi connectivity index (χ1) is 12.8. The molecule has 0 spiro atoms. The molecule has 1 amide bonds. The minimum absolute atomic E-state index is 0.235. The number of carbonyl (C=O) groups excluding carboxylic acids is 1. The van der Waals surface area contributed by atoms with Crippen molar-refractivity contribution in [3.8, 4) is 5.75 Å². The molecule has 6 nitrogen and oxygen atoms in total. The highest BCUT2D eigenvalue weighted by molar-refractivity contribution is 8.27. The number of thioether (sulfide) groups is 1. The fraction of sp³-hybridized carbons (Fsp3) is 0.105. The van der Waals surface area contributed by atoms with E-state index in [1.54, 1.807) is 6.08 Å². The lowest BCUT2D eigenvalue weighted by Gasteiger charge is -2.15. The number of benzene rings is 2. The summed E-state index contributed by atoms with van der Waals surface area (Å²) in [4.78, 5) is 27.5. The number of anilines is 2. The number of hydrogen-bond donors (Lipinski definition) is 2. The zero-order chi connectivity index (χ0) is 19.7. The van der Waals surface area contributed by atoms with Gasteiger partial charge in [0.15, 0.2) is 4.32 Å². The number of rotatable bonds is 4. The predicted octanol–water partition coefficient (Wildman–Crippen LogP) is 3.56. The maximum absolute atomic E-state index is 12.8. The summed E-state index contributed by atoms with van der Waals surface area (Å²) in [7, 11) is 3.90. The molecular formula is C19H16N2O4S2. The van der Waals surface area contributed by atoms with E-state index in [9.17, 15) is 14.7 Å². The van der Waals surface area contributed by atoms with Gasteiger partial charge in [-0.3, -0.25) is 9.69 Å². The van der Waals surface area contributed by atoms with Crippen LogP contribution in [0.3, 0.4) is 0 Å². The van der Waals surface area contributed by atoms with E-state index in [4.69, 9.17) is 17.3 Å². The van der Waals surface area contributed by atoms with Gasteiger partial charge in [-0.1, -0.05) is 36.1 Å². The van der Waals surface area contributed by atoms with Crippen LogP contribution in [0.1, 0.15) is 15.9 Å². The van der Waals surface area contributed by atoms with Crippen molar-refractivity contribution < 1.29 is 19.8 Å². The van der Waals surface area contributed by atoms with E-state index in [0.29, 0.717) is 14.9 Å². The normalized spacial score (nSPS) is 15.5. The lowest BCUT2D eigenvalue weighted by molar-refractivity contribution is -0.113. The average molecular weight is 400 g/mol. The molecule has 1 saturated heterocycles. The van der Waals surface area contributed by atoms with E-state index < -0.39 is 11.7 Å². The van der Waals surface area contributed by atoms with Gasteiger partial charge < -0.3 is 15.1 Å². The summed E-state index contributed by atoms with van der Waals surface area (Å²) in [6, 6.07) is 11.6. The van der Waals surface area contributed by atoms with E-state index in [0.717, 1.165) is 23.0 Å². The molecule has 0 bridgehead atoms. The van der Waals surface area contributed by atoms with Crippen LogP contribution in [0.4, 0.5) is 11.4 Å². The van der Waals surface area contributed by atoms with Crippen LogP contribution in [-0.4, -0.2) is 40.5 Å². The topological polar surface area (TPSA) is 81.1 Å². The SMILES string of the molecule is CN(C)c1ccc(/C=C2\SC(=S)N(c3ccc(C(=O)O)c(O)c3)C2=O)cc1. The van der Waals surface area contributed by atoms with Crippen molar-refractivity contribution >= 4 is 57.6 Å². The molecule has 1 heterocycles. The number of amides is 1. The van der Waals surface area contributed by atoms with Crippen molar-refractivity contribution in [3.63, 3.8) is 0 Å². The minimum Gasteiger partial charge on any atom is -0.507 e. The molecule has 0 saturated carbocycles. The van der Waals surface area contributed by atoms with Gasteiger partial charge in [0.05, 0.1) is 10.6 Å². The number of aromatic hydroxyl groups is 1. The Hall–Kier alpha value is -2.84. The largest absolute Gasteiger partial charge is 0.507 e. The number of carboxylic acid groups (broad SMARTS) is 1. The van der Waals surface area contributed by atoms with Crippen LogP contribution in [0.5, 0.6) is 5.75 Å². The summed E-state index contributed by atoms with van der Waals surface area (Å²) in [6.07, 6.45) is 1.75. The van der Waals surface area contributed by atoms with E-state index in [-0.39, 0.29) is 11.5 Å².